The standard InChI is InChI=1S/C15H11BrClNO/c1-19-12-4-2-9(3-5-12)14-7-10-6-11(17)8-13(16)15(10)18-14/h2-8,18H,1H3. The second-order valence-corrected chi connectivity index (χ2v) is 5.55. The summed E-state index contributed by atoms with van der Waals surface area (Å²) in [6.45, 7) is 0. The lowest BCUT2D eigenvalue weighted by Crippen LogP contribution is -1.82. The van der Waals surface area contributed by atoms with E-state index in [1.54, 1.807) is 7.11 Å². The van der Waals surface area contributed by atoms with Crippen molar-refractivity contribution in [1.82, 2.24) is 4.98 Å². The molecule has 0 aliphatic rings. The monoisotopic (exact) mass is 335 g/mol. The van der Waals surface area contributed by atoms with Gasteiger partial charge in [0.15, 0.2) is 0 Å². The Morgan fingerprint density at radius 3 is 2.53 bits per heavy atom. The highest BCUT2D eigenvalue weighted by molar-refractivity contribution is 9.10. The Balaban J connectivity index is 2.12. The van der Waals surface area contributed by atoms with Crippen LogP contribution in [0.15, 0.2) is 46.9 Å². The Morgan fingerprint density at radius 2 is 1.84 bits per heavy atom. The zero-order chi connectivity index (χ0) is 13.4. The van der Waals surface area contributed by atoms with Crippen molar-refractivity contribution in [3.8, 4) is 17.0 Å². The molecular weight excluding hydrogens is 326 g/mol. The third kappa shape index (κ3) is 2.36. The molecule has 0 atom stereocenters. The van der Waals surface area contributed by atoms with Gasteiger partial charge in [0.1, 0.15) is 5.75 Å². The molecule has 1 heterocycles. The summed E-state index contributed by atoms with van der Waals surface area (Å²) in [5, 5.41) is 1.81. The first-order valence-electron chi connectivity index (χ1n) is 5.79. The normalized spacial score (nSPS) is 10.9. The highest BCUT2D eigenvalue weighted by Gasteiger charge is 2.07. The minimum atomic E-state index is 0.722. The van der Waals surface area contributed by atoms with E-state index >= 15 is 0 Å². The lowest BCUT2D eigenvalue weighted by atomic mass is 10.1. The van der Waals surface area contributed by atoms with Crippen LogP contribution in [-0.4, -0.2) is 12.1 Å². The zero-order valence-corrected chi connectivity index (χ0v) is 12.5. The molecule has 0 aliphatic carbocycles. The van der Waals surface area contributed by atoms with Gasteiger partial charge in [-0.25, -0.2) is 0 Å². The highest BCUT2D eigenvalue weighted by atomic mass is 79.9. The summed E-state index contributed by atoms with van der Waals surface area (Å²) in [7, 11) is 1.66. The third-order valence-corrected chi connectivity index (χ3v) is 3.89. The van der Waals surface area contributed by atoms with Crippen molar-refractivity contribution >= 4 is 38.4 Å². The van der Waals surface area contributed by atoms with Crippen LogP contribution in [0.5, 0.6) is 5.75 Å². The summed E-state index contributed by atoms with van der Waals surface area (Å²) >= 11 is 9.58. The first-order valence-corrected chi connectivity index (χ1v) is 6.96. The van der Waals surface area contributed by atoms with E-state index in [-0.39, 0.29) is 0 Å². The van der Waals surface area contributed by atoms with Crippen molar-refractivity contribution in [2.75, 3.05) is 7.11 Å². The van der Waals surface area contributed by atoms with Crippen molar-refractivity contribution in [2.45, 2.75) is 0 Å². The van der Waals surface area contributed by atoms with Gasteiger partial charge in [-0.05, 0) is 64.0 Å². The Kier molecular flexibility index (Phi) is 3.25. The number of H-pyrrole nitrogens is 1. The maximum atomic E-state index is 6.06. The Bertz CT molecular complexity index is 734. The highest BCUT2D eigenvalue weighted by Crippen LogP contribution is 2.32. The first kappa shape index (κ1) is 12.6. The van der Waals surface area contributed by atoms with Crippen LogP contribution >= 0.6 is 27.5 Å². The Labute approximate surface area is 124 Å². The Hall–Kier alpha value is -1.45. The molecule has 19 heavy (non-hydrogen) atoms. The van der Waals surface area contributed by atoms with Gasteiger partial charge in [0.25, 0.3) is 0 Å². The summed E-state index contributed by atoms with van der Waals surface area (Å²) in [5.74, 6) is 0.851. The summed E-state index contributed by atoms with van der Waals surface area (Å²) in [6.07, 6.45) is 0. The van der Waals surface area contributed by atoms with Crippen molar-refractivity contribution in [3.05, 3.63) is 52.0 Å². The van der Waals surface area contributed by atoms with Crippen molar-refractivity contribution in [1.29, 1.82) is 0 Å². The average molecular weight is 337 g/mol. The fourth-order valence-electron chi connectivity index (χ4n) is 2.09. The van der Waals surface area contributed by atoms with Gasteiger partial charge in [-0.1, -0.05) is 11.6 Å². The number of aromatic nitrogens is 1. The number of aromatic amines is 1. The van der Waals surface area contributed by atoms with E-state index in [1.807, 2.05) is 36.4 Å². The molecule has 3 aromatic rings. The average Bonchev–Trinajstić information content (AvgIpc) is 2.83. The zero-order valence-electron chi connectivity index (χ0n) is 10.2. The summed E-state index contributed by atoms with van der Waals surface area (Å²) in [5.41, 5.74) is 3.22. The predicted octanol–water partition coefficient (Wildman–Crippen LogP) is 5.26. The van der Waals surface area contributed by atoms with Gasteiger partial charge in [-0.15, -0.1) is 0 Å². The molecule has 0 radical (unpaired) electrons. The van der Waals surface area contributed by atoms with E-state index in [2.05, 4.69) is 27.0 Å². The molecule has 2 aromatic carbocycles. The van der Waals surface area contributed by atoms with Crippen molar-refractivity contribution in [3.63, 3.8) is 0 Å². The number of hydrogen-bond acceptors (Lipinski definition) is 1. The van der Waals surface area contributed by atoms with Crippen molar-refractivity contribution in [2.24, 2.45) is 0 Å². The van der Waals surface area contributed by atoms with Gasteiger partial charge in [0, 0.05) is 20.6 Å². The molecule has 1 aromatic heterocycles. The molecule has 4 heteroatoms. The smallest absolute Gasteiger partial charge is 0.118 e. The minimum Gasteiger partial charge on any atom is -0.497 e. The Morgan fingerprint density at radius 1 is 1.11 bits per heavy atom. The van der Waals surface area contributed by atoms with Crippen LogP contribution in [-0.2, 0) is 0 Å². The van der Waals surface area contributed by atoms with Gasteiger partial charge in [0.2, 0.25) is 0 Å². The maximum Gasteiger partial charge on any atom is 0.118 e. The van der Waals surface area contributed by atoms with E-state index in [0.29, 0.717) is 0 Å². The molecule has 0 amide bonds. The van der Waals surface area contributed by atoms with Crippen LogP contribution in [0.25, 0.3) is 22.2 Å². The molecule has 1 N–H and O–H groups in total. The number of halogens is 2. The van der Waals surface area contributed by atoms with E-state index in [9.17, 15) is 0 Å². The number of nitrogens with one attached hydrogen (secondary N) is 1. The second kappa shape index (κ2) is 4.91. The van der Waals surface area contributed by atoms with Gasteiger partial charge < -0.3 is 9.72 Å². The third-order valence-electron chi connectivity index (χ3n) is 3.05. The lowest BCUT2D eigenvalue weighted by Gasteiger charge is -2.01. The summed E-state index contributed by atoms with van der Waals surface area (Å²) in [4.78, 5) is 3.40. The van der Waals surface area contributed by atoms with Gasteiger partial charge in [0.05, 0.1) is 12.6 Å². The molecule has 2 nitrogen and oxygen atoms in total. The van der Waals surface area contributed by atoms with E-state index < -0.39 is 0 Å². The first-order chi connectivity index (χ1) is 9.17. The molecule has 0 saturated heterocycles. The maximum absolute atomic E-state index is 6.06. The molecule has 96 valence electrons. The molecular formula is C15H11BrClNO. The number of fused-ring (bicyclic) bond motifs is 1. The van der Waals surface area contributed by atoms with Gasteiger partial charge in [-0.2, -0.15) is 0 Å². The quantitative estimate of drug-likeness (QED) is 0.678. The second-order valence-electron chi connectivity index (χ2n) is 4.26. The molecule has 0 bridgehead atoms. The van der Waals surface area contributed by atoms with Crippen molar-refractivity contribution < 1.29 is 4.74 Å². The van der Waals surface area contributed by atoms with Crippen LogP contribution in [0.1, 0.15) is 0 Å². The van der Waals surface area contributed by atoms with Crippen LogP contribution in [0.3, 0.4) is 0 Å². The number of rotatable bonds is 2. The van der Waals surface area contributed by atoms with E-state index in [0.717, 1.165) is 37.4 Å². The molecule has 0 unspecified atom stereocenters. The number of ether oxygens (including phenoxy) is 1. The number of methoxy groups -OCH3 is 1. The molecule has 0 fully saturated rings. The predicted molar refractivity (Wildman–Crippen MR) is 83.0 cm³/mol. The topological polar surface area (TPSA) is 25.0 Å². The number of hydrogen-bond donors (Lipinski definition) is 1. The fourth-order valence-corrected chi connectivity index (χ4v) is 3.02. The van der Waals surface area contributed by atoms with Crippen LogP contribution in [0.4, 0.5) is 0 Å². The fraction of sp³-hybridized carbons (Fsp3) is 0.0667. The molecule has 0 spiro atoms. The largest absolute Gasteiger partial charge is 0.497 e. The summed E-state index contributed by atoms with van der Waals surface area (Å²) in [6, 6.07) is 13.9. The lowest BCUT2D eigenvalue weighted by molar-refractivity contribution is 0.415. The van der Waals surface area contributed by atoms with Crippen LogP contribution < -0.4 is 4.74 Å². The van der Waals surface area contributed by atoms with Gasteiger partial charge >= 0.3 is 0 Å². The van der Waals surface area contributed by atoms with Crippen LogP contribution in [0.2, 0.25) is 5.02 Å². The van der Waals surface area contributed by atoms with E-state index in [4.69, 9.17) is 16.3 Å². The van der Waals surface area contributed by atoms with Crippen LogP contribution in [0, 0.1) is 0 Å². The molecule has 3 rings (SSSR count). The molecule has 0 aliphatic heterocycles. The number of benzene rings is 2. The van der Waals surface area contributed by atoms with Gasteiger partial charge in [-0.3, -0.25) is 0 Å². The molecule has 0 saturated carbocycles. The SMILES string of the molecule is COc1ccc(-c2cc3cc(Cl)cc(Br)c3[nH]2)cc1. The summed E-state index contributed by atoms with van der Waals surface area (Å²) < 4.78 is 6.13. The minimum absolute atomic E-state index is 0.722. The van der Waals surface area contributed by atoms with E-state index in [1.165, 1.54) is 0 Å².